The maximum Gasteiger partial charge on any atom is 0.152 e. The van der Waals surface area contributed by atoms with Crippen molar-refractivity contribution in [1.82, 2.24) is 30.1 Å². The molecule has 0 bridgehead atoms. The fourth-order valence-corrected chi connectivity index (χ4v) is 3.28. The van der Waals surface area contributed by atoms with Crippen molar-refractivity contribution in [1.29, 1.82) is 0 Å². The summed E-state index contributed by atoms with van der Waals surface area (Å²) in [7, 11) is 0. The van der Waals surface area contributed by atoms with Crippen molar-refractivity contribution >= 4 is 0 Å². The highest BCUT2D eigenvalue weighted by molar-refractivity contribution is 5.56. The summed E-state index contributed by atoms with van der Waals surface area (Å²) in [6.07, 6.45) is 5.93. The monoisotopic (exact) mass is 328 g/mol. The second-order valence-corrected chi connectivity index (χ2v) is 6.47. The molecular weight excluding hydrogens is 308 g/mol. The Balaban J connectivity index is 1.45. The number of hydrogen-bond acceptors (Lipinski definition) is 6. The quantitative estimate of drug-likeness (QED) is 0.731. The van der Waals surface area contributed by atoms with Gasteiger partial charge in [0.2, 0.25) is 0 Å². The van der Waals surface area contributed by atoms with Crippen LogP contribution in [0.3, 0.4) is 0 Å². The fraction of sp³-hybridized carbons (Fsp3) is 0.438. The summed E-state index contributed by atoms with van der Waals surface area (Å²) in [5, 5.41) is 25.7. The van der Waals surface area contributed by atoms with Crippen LogP contribution in [-0.4, -0.2) is 53.9 Å². The number of aromatic amines is 1. The summed E-state index contributed by atoms with van der Waals surface area (Å²) in [5.41, 5.74) is 1.18. The van der Waals surface area contributed by atoms with Crippen molar-refractivity contribution in [3.8, 4) is 11.5 Å². The van der Waals surface area contributed by atoms with E-state index in [0.717, 1.165) is 29.3 Å². The third kappa shape index (κ3) is 2.98. The molecule has 0 radical (unpaired) electrons. The van der Waals surface area contributed by atoms with Crippen molar-refractivity contribution < 1.29 is 9.52 Å². The first-order valence-corrected chi connectivity index (χ1v) is 7.99. The average Bonchev–Trinajstić information content (AvgIpc) is 3.29. The molecule has 4 heterocycles. The summed E-state index contributed by atoms with van der Waals surface area (Å²) < 4.78 is 7.37. The van der Waals surface area contributed by atoms with Gasteiger partial charge in [0.1, 0.15) is 11.5 Å². The van der Waals surface area contributed by atoms with Gasteiger partial charge in [-0.25, -0.2) is 4.68 Å². The van der Waals surface area contributed by atoms with Crippen molar-refractivity contribution in [2.75, 3.05) is 13.1 Å². The van der Waals surface area contributed by atoms with Crippen LogP contribution in [0.15, 0.2) is 35.1 Å². The van der Waals surface area contributed by atoms with E-state index >= 15 is 0 Å². The molecule has 8 nitrogen and oxygen atoms in total. The molecule has 3 aromatic heterocycles. The van der Waals surface area contributed by atoms with Crippen LogP contribution in [0.5, 0.6) is 0 Å². The lowest BCUT2D eigenvalue weighted by molar-refractivity contribution is 0.0274. The Morgan fingerprint density at radius 2 is 2.33 bits per heavy atom. The Bertz CT molecular complexity index is 808. The molecule has 0 amide bonds. The van der Waals surface area contributed by atoms with Crippen molar-refractivity contribution in [3.63, 3.8) is 0 Å². The number of nitrogens with zero attached hydrogens (tertiary/aromatic N) is 5. The van der Waals surface area contributed by atoms with E-state index in [0.29, 0.717) is 26.1 Å². The Hall–Kier alpha value is -2.45. The van der Waals surface area contributed by atoms with E-state index in [9.17, 15) is 5.11 Å². The number of furan rings is 1. The van der Waals surface area contributed by atoms with Gasteiger partial charge in [-0.1, -0.05) is 5.21 Å². The van der Waals surface area contributed by atoms with Gasteiger partial charge < -0.3 is 9.52 Å². The molecule has 3 aromatic rings. The van der Waals surface area contributed by atoms with Crippen LogP contribution < -0.4 is 0 Å². The minimum absolute atomic E-state index is 0.457. The van der Waals surface area contributed by atoms with Crippen LogP contribution >= 0.6 is 0 Å². The van der Waals surface area contributed by atoms with Gasteiger partial charge in [-0.15, -0.1) is 5.10 Å². The van der Waals surface area contributed by atoms with Gasteiger partial charge >= 0.3 is 0 Å². The molecule has 1 aliphatic heterocycles. The largest absolute Gasteiger partial charge is 0.460 e. The van der Waals surface area contributed by atoms with Gasteiger partial charge in [-0.05, 0) is 25.5 Å². The predicted octanol–water partition coefficient (Wildman–Crippen LogP) is 1.21. The number of β-amino-alcohol motifs (C(OH)–C–C–N with tert-alkyl or cyclic N) is 1. The normalized spacial score (nSPS) is 21.6. The van der Waals surface area contributed by atoms with E-state index in [4.69, 9.17) is 4.42 Å². The van der Waals surface area contributed by atoms with Gasteiger partial charge in [0.25, 0.3) is 0 Å². The Morgan fingerprint density at radius 3 is 3.08 bits per heavy atom. The standard InChI is InChI=1S/C16H20N6O2/c1-12-2-3-14(24-12)15-13(8-18-19-15)9-21-6-4-16(23,10-21)11-22-7-5-17-20-22/h2-3,5,7-8,23H,4,6,9-11H2,1H3,(H,18,19). The van der Waals surface area contributed by atoms with Crippen LogP contribution in [0.2, 0.25) is 0 Å². The number of aromatic nitrogens is 5. The smallest absolute Gasteiger partial charge is 0.152 e. The summed E-state index contributed by atoms with van der Waals surface area (Å²) in [6, 6.07) is 3.88. The number of aliphatic hydroxyl groups is 1. The molecule has 1 aliphatic rings. The molecule has 24 heavy (non-hydrogen) atoms. The molecule has 4 rings (SSSR count). The van der Waals surface area contributed by atoms with Crippen LogP contribution in [0, 0.1) is 6.92 Å². The summed E-state index contributed by atoms with van der Waals surface area (Å²) in [5.74, 6) is 1.66. The first-order valence-electron chi connectivity index (χ1n) is 7.99. The molecule has 0 aliphatic carbocycles. The number of nitrogens with one attached hydrogen (secondary N) is 1. The zero-order chi connectivity index (χ0) is 16.6. The minimum atomic E-state index is -0.779. The van der Waals surface area contributed by atoms with Crippen molar-refractivity contribution in [2.24, 2.45) is 0 Å². The van der Waals surface area contributed by atoms with E-state index in [1.165, 1.54) is 0 Å². The van der Waals surface area contributed by atoms with Crippen molar-refractivity contribution in [3.05, 3.63) is 42.0 Å². The predicted molar refractivity (Wildman–Crippen MR) is 85.9 cm³/mol. The van der Waals surface area contributed by atoms with Crippen LogP contribution in [-0.2, 0) is 13.1 Å². The second kappa shape index (κ2) is 5.88. The molecule has 1 atom stereocenters. The number of hydrogen-bond donors (Lipinski definition) is 2. The molecule has 1 unspecified atom stereocenters. The zero-order valence-corrected chi connectivity index (χ0v) is 13.5. The molecule has 2 N–H and O–H groups in total. The zero-order valence-electron chi connectivity index (χ0n) is 13.5. The highest BCUT2D eigenvalue weighted by atomic mass is 16.3. The molecule has 0 saturated carbocycles. The van der Waals surface area contributed by atoms with Gasteiger partial charge in [0.05, 0.1) is 24.5 Å². The van der Waals surface area contributed by atoms with E-state index in [1.807, 2.05) is 25.3 Å². The van der Waals surface area contributed by atoms with E-state index in [1.54, 1.807) is 17.1 Å². The molecule has 8 heteroatoms. The second-order valence-electron chi connectivity index (χ2n) is 6.47. The first-order chi connectivity index (χ1) is 11.6. The molecule has 0 spiro atoms. The topological polar surface area (TPSA) is 96.0 Å². The Morgan fingerprint density at radius 1 is 1.42 bits per heavy atom. The maximum atomic E-state index is 10.8. The van der Waals surface area contributed by atoms with Crippen LogP contribution in [0.1, 0.15) is 17.7 Å². The van der Waals surface area contributed by atoms with E-state index < -0.39 is 5.60 Å². The van der Waals surface area contributed by atoms with Gasteiger partial charge in [0.15, 0.2) is 5.76 Å². The van der Waals surface area contributed by atoms with Gasteiger partial charge in [-0.2, -0.15) is 5.10 Å². The lowest BCUT2D eigenvalue weighted by Crippen LogP contribution is -2.37. The van der Waals surface area contributed by atoms with E-state index in [-0.39, 0.29) is 0 Å². The number of likely N-dealkylation sites (tertiary alicyclic amines) is 1. The SMILES string of the molecule is Cc1ccc(-c2[nH]ncc2CN2CCC(O)(Cn3ccnn3)C2)o1. The number of aryl methyl sites for hydroxylation is 1. The molecule has 126 valence electrons. The lowest BCUT2D eigenvalue weighted by Gasteiger charge is -2.23. The first kappa shape index (κ1) is 15.1. The maximum absolute atomic E-state index is 10.8. The number of rotatable bonds is 5. The summed E-state index contributed by atoms with van der Waals surface area (Å²) >= 11 is 0. The third-order valence-electron chi connectivity index (χ3n) is 4.44. The minimum Gasteiger partial charge on any atom is -0.460 e. The highest BCUT2D eigenvalue weighted by Crippen LogP contribution is 2.28. The Labute approximate surface area is 139 Å². The molecule has 1 saturated heterocycles. The number of H-pyrrole nitrogens is 1. The molecule has 0 aromatic carbocycles. The van der Waals surface area contributed by atoms with E-state index in [2.05, 4.69) is 25.4 Å². The highest BCUT2D eigenvalue weighted by Gasteiger charge is 2.37. The lowest BCUT2D eigenvalue weighted by atomic mass is 10.0. The van der Waals surface area contributed by atoms with Gasteiger partial charge in [-0.3, -0.25) is 10.00 Å². The Kier molecular flexibility index (Phi) is 3.70. The molecular formula is C16H20N6O2. The average molecular weight is 328 g/mol. The van der Waals surface area contributed by atoms with Crippen LogP contribution in [0.4, 0.5) is 0 Å². The van der Waals surface area contributed by atoms with Gasteiger partial charge in [0, 0.05) is 31.4 Å². The van der Waals surface area contributed by atoms with Crippen molar-refractivity contribution in [2.45, 2.75) is 32.0 Å². The molecule has 1 fully saturated rings. The summed E-state index contributed by atoms with van der Waals surface area (Å²) in [6.45, 7) is 4.51. The summed E-state index contributed by atoms with van der Waals surface area (Å²) in [4.78, 5) is 2.22. The third-order valence-corrected chi connectivity index (χ3v) is 4.44. The van der Waals surface area contributed by atoms with Crippen LogP contribution in [0.25, 0.3) is 11.5 Å². The fourth-order valence-electron chi connectivity index (χ4n) is 3.28.